The van der Waals surface area contributed by atoms with E-state index in [9.17, 15) is 14.9 Å². The molecule has 0 spiro atoms. The highest BCUT2D eigenvalue weighted by molar-refractivity contribution is 5.96. The van der Waals surface area contributed by atoms with Gasteiger partial charge in [0.05, 0.1) is 29.5 Å². The summed E-state index contributed by atoms with van der Waals surface area (Å²) >= 11 is 0. The lowest BCUT2D eigenvalue weighted by Gasteiger charge is -2.26. The summed E-state index contributed by atoms with van der Waals surface area (Å²) in [6.45, 7) is 1.71. The van der Waals surface area contributed by atoms with Gasteiger partial charge in [-0.05, 0) is 26.3 Å². The van der Waals surface area contributed by atoms with Gasteiger partial charge >= 0.3 is 0 Å². The largest absolute Gasteiger partial charge is 0.377 e. The molecule has 0 saturated carbocycles. The molecule has 0 radical (unpaired) electrons. The molecular weight excluding hydrogens is 262 g/mol. The summed E-state index contributed by atoms with van der Waals surface area (Å²) in [5.74, 6) is -0.156. The Hall–Kier alpha value is -1.73. The number of nitrogens with zero attached hydrogens (tertiary/aromatic N) is 2. The van der Waals surface area contributed by atoms with Crippen molar-refractivity contribution in [1.82, 2.24) is 9.88 Å². The third-order valence-corrected chi connectivity index (χ3v) is 3.38. The van der Waals surface area contributed by atoms with E-state index in [1.165, 1.54) is 12.3 Å². The number of nitro groups is 1. The maximum Gasteiger partial charge on any atom is 0.287 e. The van der Waals surface area contributed by atoms with E-state index in [0.717, 1.165) is 25.9 Å². The van der Waals surface area contributed by atoms with Crippen LogP contribution in [0.5, 0.6) is 0 Å². The van der Waals surface area contributed by atoms with Crippen LogP contribution in [0.2, 0.25) is 0 Å². The Bertz CT molecular complexity index is 480. The summed E-state index contributed by atoms with van der Waals surface area (Å²) in [7, 11) is 1.85. The number of aromatic amines is 1. The lowest BCUT2D eigenvalue weighted by molar-refractivity contribution is -0.384. The number of rotatable bonds is 6. The number of likely N-dealkylation sites (N-methyl/N-ethyl adjacent to an activating group) is 1. The lowest BCUT2D eigenvalue weighted by Crippen LogP contribution is -2.36. The molecule has 0 aliphatic carbocycles. The number of H-pyrrole nitrogens is 1. The first kappa shape index (κ1) is 14.7. The Kier molecular flexibility index (Phi) is 4.86. The number of ether oxygens (including phenoxy) is 1. The van der Waals surface area contributed by atoms with Crippen LogP contribution in [0, 0.1) is 10.1 Å². The molecule has 110 valence electrons. The summed E-state index contributed by atoms with van der Waals surface area (Å²) in [6.07, 6.45) is 4.70. The van der Waals surface area contributed by atoms with Crippen LogP contribution in [0.1, 0.15) is 29.8 Å². The number of ketones is 1. The van der Waals surface area contributed by atoms with Crippen LogP contribution in [0.3, 0.4) is 0 Å². The van der Waals surface area contributed by atoms with Crippen molar-refractivity contribution >= 4 is 11.5 Å². The molecule has 2 rings (SSSR count). The van der Waals surface area contributed by atoms with Crippen molar-refractivity contribution in [1.29, 1.82) is 0 Å². The van der Waals surface area contributed by atoms with Crippen LogP contribution in [-0.4, -0.2) is 53.4 Å². The molecule has 1 atom stereocenters. The number of aromatic nitrogens is 1. The number of carbonyl (C=O) groups excluding carboxylic acids is 1. The second-order valence-corrected chi connectivity index (χ2v) is 5.14. The van der Waals surface area contributed by atoms with Crippen molar-refractivity contribution in [3.63, 3.8) is 0 Å². The van der Waals surface area contributed by atoms with Crippen molar-refractivity contribution in [3.05, 3.63) is 28.1 Å². The number of nitrogens with one attached hydrogen (secondary N) is 1. The minimum atomic E-state index is -0.521. The van der Waals surface area contributed by atoms with Gasteiger partial charge in [0.1, 0.15) is 0 Å². The molecule has 1 saturated heterocycles. The fourth-order valence-corrected chi connectivity index (χ4v) is 2.34. The molecule has 1 unspecified atom stereocenters. The maximum absolute atomic E-state index is 12.0. The SMILES string of the molecule is CN(CC(=O)c1cc([N+](=O)[O-])c[nH]1)CC1CCCCO1. The van der Waals surface area contributed by atoms with Crippen molar-refractivity contribution in [2.75, 3.05) is 26.7 Å². The third kappa shape index (κ3) is 3.88. The van der Waals surface area contributed by atoms with Crippen LogP contribution in [0.25, 0.3) is 0 Å². The molecule has 1 fully saturated rings. The Morgan fingerprint density at radius 1 is 1.60 bits per heavy atom. The molecule has 0 bridgehead atoms. The zero-order valence-electron chi connectivity index (χ0n) is 11.5. The Morgan fingerprint density at radius 3 is 3.00 bits per heavy atom. The molecule has 1 aromatic heterocycles. The summed E-state index contributed by atoms with van der Waals surface area (Å²) in [4.78, 5) is 26.6. The normalized spacial score (nSPS) is 19.2. The zero-order chi connectivity index (χ0) is 14.5. The van der Waals surface area contributed by atoms with Gasteiger partial charge in [0.2, 0.25) is 0 Å². The molecule has 7 nitrogen and oxygen atoms in total. The van der Waals surface area contributed by atoms with E-state index in [-0.39, 0.29) is 29.8 Å². The molecular formula is C13H19N3O4. The molecule has 0 amide bonds. The van der Waals surface area contributed by atoms with Gasteiger partial charge in [0.15, 0.2) is 5.78 Å². The van der Waals surface area contributed by atoms with Gasteiger partial charge in [-0.1, -0.05) is 0 Å². The predicted octanol–water partition coefficient (Wildman–Crippen LogP) is 1.61. The standard InChI is InChI=1S/C13H19N3O4/c1-15(8-11-4-2-3-5-20-11)9-13(17)12-6-10(7-14-12)16(18)19/h6-7,11,14H,2-5,8-9H2,1H3. The number of Topliss-reactive ketones (excluding diaryl/α,β-unsaturated/α-hetero) is 1. The first-order valence-electron chi connectivity index (χ1n) is 6.72. The van der Waals surface area contributed by atoms with Crippen molar-refractivity contribution < 1.29 is 14.5 Å². The number of carbonyl (C=O) groups is 1. The van der Waals surface area contributed by atoms with Gasteiger partial charge in [0, 0.05) is 19.2 Å². The quantitative estimate of drug-likeness (QED) is 0.486. The maximum atomic E-state index is 12.0. The smallest absolute Gasteiger partial charge is 0.287 e. The molecule has 1 aromatic rings. The minimum Gasteiger partial charge on any atom is -0.377 e. The average Bonchev–Trinajstić information content (AvgIpc) is 2.89. The summed E-state index contributed by atoms with van der Waals surface area (Å²) in [5, 5.41) is 10.6. The van der Waals surface area contributed by atoms with Gasteiger partial charge in [0.25, 0.3) is 5.69 Å². The number of hydrogen-bond donors (Lipinski definition) is 1. The highest BCUT2D eigenvalue weighted by atomic mass is 16.6. The summed E-state index contributed by atoms with van der Waals surface area (Å²) < 4.78 is 5.62. The fraction of sp³-hybridized carbons (Fsp3) is 0.615. The third-order valence-electron chi connectivity index (χ3n) is 3.38. The van der Waals surface area contributed by atoms with E-state index >= 15 is 0 Å². The fourth-order valence-electron chi connectivity index (χ4n) is 2.34. The molecule has 2 heterocycles. The van der Waals surface area contributed by atoms with Gasteiger partial charge in [-0.15, -0.1) is 0 Å². The highest BCUT2D eigenvalue weighted by Gasteiger charge is 2.19. The van der Waals surface area contributed by atoms with Crippen molar-refractivity contribution in [2.24, 2.45) is 0 Å². The van der Waals surface area contributed by atoms with Crippen LogP contribution in [0.4, 0.5) is 5.69 Å². The second kappa shape index (κ2) is 6.62. The molecule has 1 aliphatic heterocycles. The molecule has 7 heteroatoms. The summed E-state index contributed by atoms with van der Waals surface area (Å²) in [5.41, 5.74) is 0.180. The molecule has 0 aromatic carbocycles. The molecule has 1 N–H and O–H groups in total. The van der Waals surface area contributed by atoms with Gasteiger partial charge in [-0.2, -0.15) is 0 Å². The van der Waals surface area contributed by atoms with E-state index in [4.69, 9.17) is 4.74 Å². The van der Waals surface area contributed by atoms with E-state index in [2.05, 4.69) is 4.98 Å². The van der Waals surface area contributed by atoms with E-state index < -0.39 is 4.92 Å². The minimum absolute atomic E-state index is 0.0911. The predicted molar refractivity (Wildman–Crippen MR) is 72.9 cm³/mol. The average molecular weight is 281 g/mol. The monoisotopic (exact) mass is 281 g/mol. The lowest BCUT2D eigenvalue weighted by atomic mass is 10.1. The van der Waals surface area contributed by atoms with E-state index in [1.54, 1.807) is 0 Å². The highest BCUT2D eigenvalue weighted by Crippen LogP contribution is 2.15. The Morgan fingerprint density at radius 2 is 2.40 bits per heavy atom. The number of hydrogen-bond acceptors (Lipinski definition) is 5. The first-order valence-corrected chi connectivity index (χ1v) is 6.72. The molecule has 20 heavy (non-hydrogen) atoms. The van der Waals surface area contributed by atoms with Crippen LogP contribution in [0.15, 0.2) is 12.3 Å². The van der Waals surface area contributed by atoms with E-state index in [1.807, 2.05) is 11.9 Å². The second-order valence-electron chi connectivity index (χ2n) is 5.14. The summed E-state index contributed by atoms with van der Waals surface area (Å²) in [6, 6.07) is 1.27. The molecule has 1 aliphatic rings. The Balaban J connectivity index is 1.84. The van der Waals surface area contributed by atoms with Crippen molar-refractivity contribution in [3.8, 4) is 0 Å². The topological polar surface area (TPSA) is 88.5 Å². The van der Waals surface area contributed by atoms with Gasteiger partial charge < -0.3 is 9.72 Å². The van der Waals surface area contributed by atoms with Crippen molar-refractivity contribution in [2.45, 2.75) is 25.4 Å². The first-order chi connectivity index (χ1) is 9.56. The van der Waals surface area contributed by atoms with Crippen LogP contribution < -0.4 is 0 Å². The van der Waals surface area contributed by atoms with E-state index in [0.29, 0.717) is 6.54 Å². The van der Waals surface area contributed by atoms with Gasteiger partial charge in [-0.3, -0.25) is 19.8 Å². The van der Waals surface area contributed by atoms with Crippen LogP contribution >= 0.6 is 0 Å². The van der Waals surface area contributed by atoms with Crippen LogP contribution in [-0.2, 0) is 4.74 Å². The Labute approximate surface area is 117 Å². The van der Waals surface area contributed by atoms with Gasteiger partial charge in [-0.25, -0.2) is 0 Å². The zero-order valence-corrected chi connectivity index (χ0v) is 11.5.